The van der Waals surface area contributed by atoms with Gasteiger partial charge in [-0.2, -0.15) is 0 Å². The zero-order chi connectivity index (χ0) is 14.2. The van der Waals surface area contributed by atoms with Crippen molar-refractivity contribution in [3.05, 3.63) is 34.4 Å². The lowest BCUT2D eigenvalue weighted by Crippen LogP contribution is -2.58. The van der Waals surface area contributed by atoms with Crippen LogP contribution >= 0.6 is 11.6 Å². The number of para-hydroxylation sites is 2. The summed E-state index contributed by atoms with van der Waals surface area (Å²) in [5, 5.41) is 11.2. The quantitative estimate of drug-likeness (QED) is 0.474. The molecule has 2 atom stereocenters. The van der Waals surface area contributed by atoms with Crippen LogP contribution in [0, 0.1) is 15.5 Å². The predicted molar refractivity (Wildman–Crippen MR) is 77.3 cm³/mol. The van der Waals surface area contributed by atoms with E-state index in [-0.39, 0.29) is 27.5 Å². The van der Waals surface area contributed by atoms with Gasteiger partial charge in [-0.3, -0.25) is 10.1 Å². The third kappa shape index (κ3) is 2.16. The first-order chi connectivity index (χ1) is 9.63. The monoisotopic (exact) mass is 295 g/mol. The molecule has 1 spiro atoms. The van der Waals surface area contributed by atoms with E-state index in [1.54, 1.807) is 18.2 Å². The normalized spacial score (nSPS) is 27.9. The highest BCUT2D eigenvalue weighted by molar-refractivity contribution is 6.21. The highest BCUT2D eigenvalue weighted by Crippen LogP contribution is 2.56. The summed E-state index contributed by atoms with van der Waals surface area (Å²) in [4.78, 5) is 10.7. The summed E-state index contributed by atoms with van der Waals surface area (Å²) in [5.41, 5.74) is 0.0697. The highest BCUT2D eigenvalue weighted by atomic mass is 35.5. The molecule has 2 aliphatic carbocycles. The number of ether oxygens (including phenoxy) is 1. The number of nitro benzene ring substituents is 1. The maximum atomic E-state index is 11.0. The molecule has 0 saturated heterocycles. The summed E-state index contributed by atoms with van der Waals surface area (Å²) in [7, 11) is 0. The largest absolute Gasteiger partial charge is 0.483 e. The Hall–Kier alpha value is -1.29. The minimum atomic E-state index is -0.389. The van der Waals surface area contributed by atoms with Crippen molar-refractivity contribution >= 4 is 17.3 Å². The molecule has 4 nitrogen and oxygen atoms in total. The van der Waals surface area contributed by atoms with Gasteiger partial charge in [-0.15, -0.1) is 11.6 Å². The molecule has 1 aromatic carbocycles. The Kier molecular flexibility index (Phi) is 3.59. The van der Waals surface area contributed by atoms with Gasteiger partial charge in [-0.05, 0) is 18.9 Å². The molecule has 0 aliphatic heterocycles. The summed E-state index contributed by atoms with van der Waals surface area (Å²) in [5.74, 6) is 0.371. The molecule has 108 valence electrons. The van der Waals surface area contributed by atoms with E-state index in [1.807, 2.05) is 0 Å². The third-order valence-electron chi connectivity index (χ3n) is 4.80. The summed E-state index contributed by atoms with van der Waals surface area (Å²) < 4.78 is 5.98. The maximum Gasteiger partial charge on any atom is 0.310 e. The van der Waals surface area contributed by atoms with Crippen molar-refractivity contribution in [3.63, 3.8) is 0 Å². The molecule has 2 unspecified atom stereocenters. The molecule has 0 radical (unpaired) electrons. The van der Waals surface area contributed by atoms with Crippen LogP contribution in [0.1, 0.15) is 38.5 Å². The van der Waals surface area contributed by atoms with Crippen LogP contribution in [0.2, 0.25) is 0 Å². The zero-order valence-electron chi connectivity index (χ0n) is 11.3. The molecule has 2 fully saturated rings. The summed E-state index contributed by atoms with van der Waals surface area (Å²) in [6.07, 6.45) is 6.57. The van der Waals surface area contributed by atoms with E-state index in [9.17, 15) is 10.1 Å². The standard InChI is InChI=1S/C15H18ClNO3/c16-13-10-14(15(13)8-4-1-5-9-15)20-12-7-3-2-6-11(12)17(18)19/h2-3,6-7,13-14H,1,4-5,8-10H2. The van der Waals surface area contributed by atoms with E-state index < -0.39 is 0 Å². The molecular formula is C15H18ClNO3. The van der Waals surface area contributed by atoms with Gasteiger partial charge in [-0.1, -0.05) is 31.4 Å². The summed E-state index contributed by atoms with van der Waals surface area (Å²) >= 11 is 6.43. The van der Waals surface area contributed by atoms with Crippen molar-refractivity contribution in [2.45, 2.75) is 50.0 Å². The number of nitro groups is 1. The van der Waals surface area contributed by atoms with E-state index >= 15 is 0 Å². The van der Waals surface area contributed by atoms with Gasteiger partial charge in [0, 0.05) is 23.3 Å². The Labute approximate surface area is 123 Å². The molecule has 1 aromatic rings. The van der Waals surface area contributed by atoms with Gasteiger partial charge in [-0.25, -0.2) is 0 Å². The number of rotatable bonds is 3. The van der Waals surface area contributed by atoms with Crippen molar-refractivity contribution in [1.82, 2.24) is 0 Å². The van der Waals surface area contributed by atoms with Crippen LogP contribution in [0.5, 0.6) is 5.75 Å². The smallest absolute Gasteiger partial charge is 0.310 e. The molecule has 0 bridgehead atoms. The molecule has 0 amide bonds. The lowest BCUT2D eigenvalue weighted by Gasteiger charge is -2.54. The zero-order valence-corrected chi connectivity index (χ0v) is 12.0. The van der Waals surface area contributed by atoms with Gasteiger partial charge in [0.15, 0.2) is 5.75 Å². The minimum Gasteiger partial charge on any atom is -0.483 e. The van der Waals surface area contributed by atoms with Gasteiger partial charge < -0.3 is 4.74 Å². The number of hydrogen-bond donors (Lipinski definition) is 0. The van der Waals surface area contributed by atoms with Crippen molar-refractivity contribution in [1.29, 1.82) is 0 Å². The first-order valence-corrected chi connectivity index (χ1v) is 7.61. The Morgan fingerprint density at radius 3 is 2.60 bits per heavy atom. The van der Waals surface area contributed by atoms with E-state index in [0.29, 0.717) is 5.75 Å². The molecule has 3 rings (SSSR count). The van der Waals surface area contributed by atoms with Crippen LogP contribution in [-0.2, 0) is 0 Å². The predicted octanol–water partition coefficient (Wildman–Crippen LogP) is 4.30. The number of alkyl halides is 1. The van der Waals surface area contributed by atoms with Crippen LogP contribution < -0.4 is 4.74 Å². The van der Waals surface area contributed by atoms with E-state index in [1.165, 1.54) is 25.3 Å². The van der Waals surface area contributed by atoms with Crippen LogP contribution in [0.3, 0.4) is 0 Å². The van der Waals surface area contributed by atoms with E-state index in [4.69, 9.17) is 16.3 Å². The molecule has 5 heteroatoms. The average Bonchev–Trinajstić information content (AvgIpc) is 2.48. The van der Waals surface area contributed by atoms with Gasteiger partial charge in [0.2, 0.25) is 0 Å². The summed E-state index contributed by atoms with van der Waals surface area (Å²) in [6, 6.07) is 6.59. The fourth-order valence-electron chi connectivity index (χ4n) is 3.57. The van der Waals surface area contributed by atoms with Crippen LogP contribution in [0.4, 0.5) is 5.69 Å². The first-order valence-electron chi connectivity index (χ1n) is 7.18. The van der Waals surface area contributed by atoms with Gasteiger partial charge in [0.05, 0.1) is 4.92 Å². The van der Waals surface area contributed by atoms with Gasteiger partial charge in [0.25, 0.3) is 0 Å². The molecule has 0 heterocycles. The summed E-state index contributed by atoms with van der Waals surface area (Å²) in [6.45, 7) is 0. The SMILES string of the molecule is O=[N+]([O-])c1ccccc1OC1CC(Cl)C12CCCCC2. The number of nitrogens with zero attached hydrogens (tertiary/aromatic N) is 1. The second-order valence-electron chi connectivity index (χ2n) is 5.83. The Morgan fingerprint density at radius 1 is 1.25 bits per heavy atom. The molecule has 2 aliphatic rings. The van der Waals surface area contributed by atoms with Crippen LogP contribution in [-0.4, -0.2) is 16.4 Å². The van der Waals surface area contributed by atoms with Crippen molar-refractivity contribution in [2.24, 2.45) is 5.41 Å². The Morgan fingerprint density at radius 2 is 1.95 bits per heavy atom. The number of hydrogen-bond acceptors (Lipinski definition) is 3. The number of halogens is 1. The Bertz CT molecular complexity index is 514. The van der Waals surface area contributed by atoms with Crippen LogP contribution in [0.15, 0.2) is 24.3 Å². The minimum absolute atomic E-state index is 0.0198. The number of benzene rings is 1. The van der Waals surface area contributed by atoms with E-state index in [0.717, 1.165) is 19.3 Å². The first kappa shape index (κ1) is 13.7. The fraction of sp³-hybridized carbons (Fsp3) is 0.600. The lowest BCUT2D eigenvalue weighted by molar-refractivity contribution is -0.386. The molecule has 20 heavy (non-hydrogen) atoms. The average molecular weight is 296 g/mol. The van der Waals surface area contributed by atoms with Gasteiger partial charge in [0.1, 0.15) is 6.10 Å². The van der Waals surface area contributed by atoms with E-state index in [2.05, 4.69) is 0 Å². The Balaban J connectivity index is 1.80. The van der Waals surface area contributed by atoms with Crippen molar-refractivity contribution in [2.75, 3.05) is 0 Å². The van der Waals surface area contributed by atoms with Crippen molar-refractivity contribution < 1.29 is 9.66 Å². The van der Waals surface area contributed by atoms with Gasteiger partial charge >= 0.3 is 5.69 Å². The molecule has 2 saturated carbocycles. The lowest BCUT2D eigenvalue weighted by atomic mass is 9.58. The fourth-order valence-corrected chi connectivity index (χ4v) is 4.09. The molecule has 0 N–H and O–H groups in total. The second-order valence-corrected chi connectivity index (χ2v) is 6.36. The molecule has 0 aromatic heterocycles. The topological polar surface area (TPSA) is 52.4 Å². The highest BCUT2D eigenvalue weighted by Gasteiger charge is 2.56. The molecular weight excluding hydrogens is 278 g/mol. The third-order valence-corrected chi connectivity index (χ3v) is 5.41. The maximum absolute atomic E-state index is 11.0. The van der Waals surface area contributed by atoms with Crippen LogP contribution in [0.25, 0.3) is 0 Å². The van der Waals surface area contributed by atoms with Crippen molar-refractivity contribution in [3.8, 4) is 5.75 Å². The second kappa shape index (κ2) is 5.24.